The van der Waals surface area contributed by atoms with Crippen LogP contribution in [0.1, 0.15) is 53.4 Å². The van der Waals surface area contributed by atoms with Gasteiger partial charge < -0.3 is 15.4 Å². The minimum atomic E-state index is 0.287. The summed E-state index contributed by atoms with van der Waals surface area (Å²) in [6, 6.07) is 0. The number of carbonyl (C=O) groups excluding carboxylic acids is 1. The zero-order valence-electron chi connectivity index (χ0n) is 13.7. The minimum absolute atomic E-state index is 0.287. The van der Waals surface area contributed by atoms with E-state index < -0.39 is 0 Å². The second-order valence-electron chi connectivity index (χ2n) is 7.31. The maximum absolute atomic E-state index is 12.3. The van der Waals surface area contributed by atoms with Crippen molar-refractivity contribution in [3.8, 4) is 0 Å². The minimum Gasteiger partial charge on any atom is -0.377 e. The number of rotatable bonds is 6. The third-order valence-corrected chi connectivity index (χ3v) is 3.75. The monoisotopic (exact) mass is 284 g/mol. The van der Waals surface area contributed by atoms with Gasteiger partial charge in [-0.2, -0.15) is 0 Å². The number of ether oxygens (including phenoxy) is 1. The Balaban J connectivity index is 2.28. The first-order chi connectivity index (χ1) is 9.31. The highest BCUT2D eigenvalue weighted by Gasteiger charge is 2.25. The van der Waals surface area contributed by atoms with Crippen LogP contribution in [0.15, 0.2) is 0 Å². The van der Waals surface area contributed by atoms with E-state index in [1.54, 1.807) is 0 Å². The lowest BCUT2D eigenvalue weighted by molar-refractivity contribution is -0.134. The van der Waals surface area contributed by atoms with Gasteiger partial charge in [-0.1, -0.05) is 27.7 Å². The van der Waals surface area contributed by atoms with Gasteiger partial charge in [-0.05, 0) is 30.6 Å². The summed E-state index contributed by atoms with van der Waals surface area (Å²) >= 11 is 0. The van der Waals surface area contributed by atoms with E-state index in [9.17, 15) is 4.79 Å². The summed E-state index contributed by atoms with van der Waals surface area (Å²) in [4.78, 5) is 14.3. The third kappa shape index (κ3) is 6.71. The summed E-state index contributed by atoms with van der Waals surface area (Å²) in [5.74, 6) is 0.757. The standard InChI is InChI=1S/C16H32N2O2/c1-13(12-16(2,3)4)11-15(19)18-8-5-14(6-9-18)20-10-7-17/h13-14H,5-12,17H2,1-4H3. The van der Waals surface area contributed by atoms with Gasteiger partial charge in [-0.3, -0.25) is 4.79 Å². The molecule has 1 saturated heterocycles. The largest absolute Gasteiger partial charge is 0.377 e. The molecule has 0 spiro atoms. The van der Waals surface area contributed by atoms with Crippen LogP contribution in [0.5, 0.6) is 0 Å². The van der Waals surface area contributed by atoms with Gasteiger partial charge in [0.25, 0.3) is 0 Å². The molecule has 0 bridgehead atoms. The molecule has 1 aliphatic rings. The molecule has 0 radical (unpaired) electrons. The molecule has 1 unspecified atom stereocenters. The highest BCUT2D eigenvalue weighted by atomic mass is 16.5. The Labute approximate surface area is 124 Å². The zero-order valence-corrected chi connectivity index (χ0v) is 13.7. The lowest BCUT2D eigenvalue weighted by Crippen LogP contribution is -2.41. The molecule has 20 heavy (non-hydrogen) atoms. The van der Waals surface area contributed by atoms with Gasteiger partial charge in [0.05, 0.1) is 12.7 Å². The Morgan fingerprint density at radius 2 is 1.95 bits per heavy atom. The SMILES string of the molecule is CC(CC(=O)N1CCC(OCCN)CC1)CC(C)(C)C. The van der Waals surface area contributed by atoms with Crippen molar-refractivity contribution in [1.82, 2.24) is 4.90 Å². The number of nitrogens with zero attached hydrogens (tertiary/aromatic N) is 1. The number of nitrogens with two attached hydrogens (primary N) is 1. The normalized spacial score (nSPS) is 19.1. The molecule has 1 fully saturated rings. The number of hydrogen-bond acceptors (Lipinski definition) is 3. The molecule has 2 N–H and O–H groups in total. The molecule has 0 aliphatic carbocycles. The van der Waals surface area contributed by atoms with E-state index in [2.05, 4.69) is 27.7 Å². The number of carbonyl (C=O) groups is 1. The third-order valence-electron chi connectivity index (χ3n) is 3.75. The molecule has 4 heteroatoms. The van der Waals surface area contributed by atoms with E-state index in [4.69, 9.17) is 10.5 Å². The second kappa shape index (κ2) is 7.99. The van der Waals surface area contributed by atoms with Crippen molar-refractivity contribution in [3.05, 3.63) is 0 Å². The Kier molecular flexibility index (Phi) is 6.96. The van der Waals surface area contributed by atoms with Gasteiger partial charge in [-0.15, -0.1) is 0 Å². The number of likely N-dealkylation sites (tertiary alicyclic amines) is 1. The Bertz CT molecular complexity index is 291. The van der Waals surface area contributed by atoms with Crippen LogP contribution >= 0.6 is 0 Å². The second-order valence-corrected chi connectivity index (χ2v) is 7.31. The maximum atomic E-state index is 12.3. The van der Waals surface area contributed by atoms with E-state index >= 15 is 0 Å². The average molecular weight is 284 g/mol. The molecule has 1 atom stereocenters. The molecular formula is C16H32N2O2. The zero-order chi connectivity index (χ0) is 15.2. The molecule has 118 valence electrons. The Morgan fingerprint density at radius 3 is 2.45 bits per heavy atom. The number of piperidine rings is 1. The van der Waals surface area contributed by atoms with E-state index in [-0.39, 0.29) is 6.10 Å². The molecule has 1 heterocycles. The van der Waals surface area contributed by atoms with Crippen LogP contribution in [0.25, 0.3) is 0 Å². The molecule has 0 saturated carbocycles. The van der Waals surface area contributed by atoms with Crippen LogP contribution in [0.2, 0.25) is 0 Å². The van der Waals surface area contributed by atoms with Crippen LogP contribution in [-0.4, -0.2) is 43.2 Å². The van der Waals surface area contributed by atoms with Crippen LogP contribution in [0.4, 0.5) is 0 Å². The van der Waals surface area contributed by atoms with Crippen LogP contribution in [-0.2, 0) is 9.53 Å². The van der Waals surface area contributed by atoms with Crippen molar-refractivity contribution >= 4 is 5.91 Å². The summed E-state index contributed by atoms with van der Waals surface area (Å²) in [6.07, 6.45) is 3.94. The highest BCUT2D eigenvalue weighted by Crippen LogP contribution is 2.26. The van der Waals surface area contributed by atoms with Crippen LogP contribution < -0.4 is 5.73 Å². The summed E-state index contributed by atoms with van der Waals surface area (Å²) in [5, 5.41) is 0. The predicted octanol–water partition coefficient (Wildman–Crippen LogP) is 2.42. The molecule has 1 amide bonds. The lowest BCUT2D eigenvalue weighted by atomic mass is 9.84. The van der Waals surface area contributed by atoms with Crippen LogP contribution in [0.3, 0.4) is 0 Å². The molecule has 1 aliphatic heterocycles. The molecule has 1 rings (SSSR count). The Morgan fingerprint density at radius 1 is 1.35 bits per heavy atom. The van der Waals surface area contributed by atoms with E-state index in [0.29, 0.717) is 36.8 Å². The average Bonchev–Trinajstić information content (AvgIpc) is 2.34. The van der Waals surface area contributed by atoms with Crippen molar-refractivity contribution in [2.75, 3.05) is 26.2 Å². The Hall–Kier alpha value is -0.610. The molecule has 4 nitrogen and oxygen atoms in total. The summed E-state index contributed by atoms with van der Waals surface area (Å²) < 4.78 is 5.64. The number of hydrogen-bond donors (Lipinski definition) is 1. The van der Waals surface area contributed by atoms with Gasteiger partial charge >= 0.3 is 0 Å². The first-order valence-corrected chi connectivity index (χ1v) is 7.91. The van der Waals surface area contributed by atoms with Gasteiger partial charge in [0, 0.05) is 26.1 Å². The summed E-state index contributed by atoms with van der Waals surface area (Å²) in [7, 11) is 0. The fraction of sp³-hybridized carbons (Fsp3) is 0.938. The van der Waals surface area contributed by atoms with Crippen molar-refractivity contribution < 1.29 is 9.53 Å². The highest BCUT2D eigenvalue weighted by molar-refractivity contribution is 5.76. The topological polar surface area (TPSA) is 55.6 Å². The predicted molar refractivity (Wildman–Crippen MR) is 82.5 cm³/mol. The van der Waals surface area contributed by atoms with Crippen molar-refractivity contribution in [1.29, 1.82) is 0 Å². The van der Waals surface area contributed by atoms with Crippen LogP contribution in [0, 0.1) is 11.3 Å². The fourth-order valence-corrected chi connectivity index (χ4v) is 3.05. The molecule has 0 aromatic heterocycles. The quantitative estimate of drug-likeness (QED) is 0.815. The first-order valence-electron chi connectivity index (χ1n) is 7.91. The smallest absolute Gasteiger partial charge is 0.222 e. The van der Waals surface area contributed by atoms with Gasteiger partial charge in [-0.25, -0.2) is 0 Å². The summed E-state index contributed by atoms with van der Waals surface area (Å²) in [5.41, 5.74) is 5.73. The lowest BCUT2D eigenvalue weighted by Gasteiger charge is -2.33. The fourth-order valence-electron chi connectivity index (χ4n) is 3.05. The molecular weight excluding hydrogens is 252 g/mol. The van der Waals surface area contributed by atoms with E-state index in [1.807, 2.05) is 4.90 Å². The first kappa shape index (κ1) is 17.4. The van der Waals surface area contributed by atoms with Gasteiger partial charge in [0.2, 0.25) is 5.91 Å². The van der Waals surface area contributed by atoms with Crippen molar-refractivity contribution in [3.63, 3.8) is 0 Å². The van der Waals surface area contributed by atoms with E-state index in [1.165, 1.54) is 0 Å². The number of amides is 1. The molecule has 0 aromatic carbocycles. The van der Waals surface area contributed by atoms with Crippen molar-refractivity contribution in [2.24, 2.45) is 17.1 Å². The van der Waals surface area contributed by atoms with Gasteiger partial charge in [0.1, 0.15) is 0 Å². The summed E-state index contributed by atoms with van der Waals surface area (Å²) in [6.45, 7) is 11.7. The van der Waals surface area contributed by atoms with Crippen molar-refractivity contribution in [2.45, 2.75) is 59.5 Å². The van der Waals surface area contributed by atoms with E-state index in [0.717, 1.165) is 32.4 Å². The maximum Gasteiger partial charge on any atom is 0.222 e. The van der Waals surface area contributed by atoms with Gasteiger partial charge in [0.15, 0.2) is 0 Å². The molecule has 0 aromatic rings.